The highest BCUT2D eigenvalue weighted by molar-refractivity contribution is 6.43. The number of nitrogens with zero attached hydrogens (tertiary/aromatic N) is 1. The van der Waals surface area contributed by atoms with Crippen molar-refractivity contribution in [3.8, 4) is 6.07 Å². The molecule has 0 aliphatic heterocycles. The zero-order valence-electron chi connectivity index (χ0n) is 12.5. The van der Waals surface area contributed by atoms with Gasteiger partial charge in [-0.15, -0.1) is 0 Å². The highest BCUT2D eigenvalue weighted by Crippen LogP contribution is 2.25. The Hall–Kier alpha value is -2.64. The molecule has 116 valence electrons. The van der Waals surface area contributed by atoms with Gasteiger partial charge in [-0.05, 0) is 29.7 Å². The molecule has 0 heterocycles. The summed E-state index contributed by atoms with van der Waals surface area (Å²) in [5.41, 5.74) is 1.82. The van der Waals surface area contributed by atoms with Crippen molar-refractivity contribution in [2.75, 3.05) is 5.32 Å². The minimum Gasteiger partial charge on any atom is -0.319 e. The third-order valence-corrected chi connectivity index (χ3v) is 3.82. The van der Waals surface area contributed by atoms with E-state index in [0.717, 1.165) is 12.0 Å². The molecule has 1 amide bonds. The van der Waals surface area contributed by atoms with Crippen LogP contribution in [0.1, 0.15) is 24.0 Å². The molecule has 0 unspecified atom stereocenters. The smallest absolute Gasteiger partial charge is 0.293 e. The summed E-state index contributed by atoms with van der Waals surface area (Å²) in [7, 11) is 0. The molecule has 0 fully saturated rings. The number of benzene rings is 2. The van der Waals surface area contributed by atoms with Crippen LogP contribution in [0.15, 0.2) is 48.5 Å². The number of anilines is 1. The molecule has 0 saturated carbocycles. The number of Topliss-reactive ketones (excluding diaryl/α,β-unsaturated/α-hetero) is 1. The van der Waals surface area contributed by atoms with E-state index < -0.39 is 17.6 Å². The SMILES string of the molecule is CCc1ccccc1NC(=O)C(=O)[C@@H](C#N)c1ccccc1Cl. The Morgan fingerprint density at radius 3 is 2.48 bits per heavy atom. The van der Waals surface area contributed by atoms with Gasteiger partial charge in [-0.1, -0.05) is 54.9 Å². The summed E-state index contributed by atoms with van der Waals surface area (Å²) in [6, 6.07) is 15.6. The summed E-state index contributed by atoms with van der Waals surface area (Å²) in [4.78, 5) is 24.5. The monoisotopic (exact) mass is 326 g/mol. The van der Waals surface area contributed by atoms with Crippen molar-refractivity contribution in [3.63, 3.8) is 0 Å². The van der Waals surface area contributed by atoms with Gasteiger partial charge in [0, 0.05) is 10.7 Å². The normalized spacial score (nSPS) is 11.3. The molecule has 0 radical (unpaired) electrons. The number of carbonyl (C=O) groups is 2. The summed E-state index contributed by atoms with van der Waals surface area (Å²) >= 11 is 6.02. The van der Waals surface area contributed by atoms with Gasteiger partial charge < -0.3 is 5.32 Å². The van der Waals surface area contributed by atoms with Crippen molar-refractivity contribution in [2.45, 2.75) is 19.3 Å². The van der Waals surface area contributed by atoms with Gasteiger partial charge >= 0.3 is 0 Å². The maximum absolute atomic E-state index is 12.3. The molecule has 0 aliphatic carbocycles. The second-order valence-corrected chi connectivity index (χ2v) is 5.32. The van der Waals surface area contributed by atoms with E-state index in [0.29, 0.717) is 11.3 Å². The van der Waals surface area contributed by atoms with Crippen LogP contribution >= 0.6 is 11.6 Å². The Morgan fingerprint density at radius 1 is 1.17 bits per heavy atom. The lowest BCUT2D eigenvalue weighted by atomic mass is 9.95. The lowest BCUT2D eigenvalue weighted by molar-refractivity contribution is -0.135. The second kappa shape index (κ2) is 7.57. The third kappa shape index (κ3) is 3.77. The Balaban J connectivity index is 2.23. The molecular formula is C18H15ClN2O2. The van der Waals surface area contributed by atoms with Gasteiger partial charge in [0.2, 0.25) is 5.78 Å². The number of nitrogens with one attached hydrogen (secondary N) is 1. The van der Waals surface area contributed by atoms with E-state index in [-0.39, 0.29) is 5.02 Å². The molecule has 5 heteroatoms. The number of carbonyl (C=O) groups excluding carboxylic acids is 2. The van der Waals surface area contributed by atoms with Crippen LogP contribution in [0.2, 0.25) is 5.02 Å². The fourth-order valence-electron chi connectivity index (χ4n) is 2.24. The van der Waals surface area contributed by atoms with Gasteiger partial charge in [-0.2, -0.15) is 5.26 Å². The maximum Gasteiger partial charge on any atom is 0.293 e. The molecule has 23 heavy (non-hydrogen) atoms. The average molecular weight is 327 g/mol. The van der Waals surface area contributed by atoms with Gasteiger partial charge in [0.15, 0.2) is 0 Å². The third-order valence-electron chi connectivity index (χ3n) is 3.48. The van der Waals surface area contributed by atoms with Crippen molar-refractivity contribution in [3.05, 3.63) is 64.7 Å². The largest absolute Gasteiger partial charge is 0.319 e. The van der Waals surface area contributed by atoms with Gasteiger partial charge in [-0.25, -0.2) is 0 Å². The zero-order chi connectivity index (χ0) is 16.8. The lowest BCUT2D eigenvalue weighted by Crippen LogP contribution is -2.28. The molecule has 0 aromatic heterocycles. The summed E-state index contributed by atoms with van der Waals surface area (Å²) in [6.07, 6.45) is 0.719. The Morgan fingerprint density at radius 2 is 1.83 bits per heavy atom. The lowest BCUT2D eigenvalue weighted by Gasteiger charge is -2.12. The van der Waals surface area contributed by atoms with E-state index in [2.05, 4.69) is 5.32 Å². The minimum absolute atomic E-state index is 0.286. The molecule has 1 N–H and O–H groups in total. The summed E-state index contributed by atoms with van der Waals surface area (Å²) in [5.74, 6) is -2.87. The number of aryl methyl sites for hydroxylation is 1. The molecule has 2 aromatic carbocycles. The van der Waals surface area contributed by atoms with Crippen LogP contribution in [0.4, 0.5) is 5.69 Å². The predicted molar refractivity (Wildman–Crippen MR) is 89.3 cm³/mol. The number of hydrogen-bond acceptors (Lipinski definition) is 3. The fourth-order valence-corrected chi connectivity index (χ4v) is 2.49. The van der Waals surface area contributed by atoms with Crippen LogP contribution in [0.5, 0.6) is 0 Å². The van der Waals surface area contributed by atoms with Crippen molar-refractivity contribution < 1.29 is 9.59 Å². The molecular weight excluding hydrogens is 312 g/mol. The van der Waals surface area contributed by atoms with E-state index in [1.165, 1.54) is 0 Å². The summed E-state index contributed by atoms with van der Waals surface area (Å²) < 4.78 is 0. The van der Waals surface area contributed by atoms with E-state index in [1.807, 2.05) is 25.1 Å². The van der Waals surface area contributed by atoms with E-state index in [1.54, 1.807) is 36.4 Å². The van der Waals surface area contributed by atoms with Crippen LogP contribution in [0.3, 0.4) is 0 Å². The van der Waals surface area contributed by atoms with Gasteiger partial charge in [0.25, 0.3) is 5.91 Å². The first-order valence-electron chi connectivity index (χ1n) is 7.15. The Bertz CT molecular complexity index is 781. The summed E-state index contributed by atoms with van der Waals surface area (Å²) in [5, 5.41) is 12.1. The first kappa shape index (κ1) is 16.7. The maximum atomic E-state index is 12.3. The molecule has 0 bridgehead atoms. The highest BCUT2D eigenvalue weighted by Gasteiger charge is 2.28. The van der Waals surface area contributed by atoms with E-state index >= 15 is 0 Å². The van der Waals surface area contributed by atoms with Crippen molar-refractivity contribution >= 4 is 29.0 Å². The van der Waals surface area contributed by atoms with Gasteiger partial charge in [0.1, 0.15) is 5.92 Å². The van der Waals surface area contributed by atoms with Gasteiger partial charge in [-0.3, -0.25) is 9.59 Å². The molecule has 4 nitrogen and oxygen atoms in total. The first-order chi connectivity index (χ1) is 11.1. The van der Waals surface area contributed by atoms with Crippen LogP contribution in [-0.4, -0.2) is 11.7 Å². The van der Waals surface area contributed by atoms with Crippen LogP contribution < -0.4 is 5.32 Å². The number of hydrogen-bond donors (Lipinski definition) is 1. The number of nitriles is 1. The highest BCUT2D eigenvalue weighted by atomic mass is 35.5. The Labute approximate surface area is 139 Å². The molecule has 0 saturated heterocycles. The number of amides is 1. The van der Waals surface area contributed by atoms with E-state index in [4.69, 9.17) is 11.6 Å². The number of ketones is 1. The van der Waals surface area contributed by atoms with Crippen LogP contribution in [0.25, 0.3) is 0 Å². The molecule has 1 atom stereocenters. The standard InChI is InChI=1S/C18H15ClN2O2/c1-2-12-7-3-6-10-16(12)21-18(23)17(22)14(11-20)13-8-4-5-9-15(13)19/h3-10,14H,2H2,1H3,(H,21,23)/t14-/m0/s1. The van der Waals surface area contributed by atoms with Crippen LogP contribution in [-0.2, 0) is 16.0 Å². The molecule has 0 aliphatic rings. The summed E-state index contributed by atoms with van der Waals surface area (Å²) in [6.45, 7) is 1.95. The second-order valence-electron chi connectivity index (χ2n) is 4.91. The first-order valence-corrected chi connectivity index (χ1v) is 7.53. The number of rotatable bonds is 5. The predicted octanol–water partition coefficient (Wildman–Crippen LogP) is 3.72. The molecule has 0 spiro atoms. The quantitative estimate of drug-likeness (QED) is 0.851. The zero-order valence-corrected chi connectivity index (χ0v) is 13.3. The fraction of sp³-hybridized carbons (Fsp3) is 0.167. The molecule has 2 rings (SSSR count). The average Bonchev–Trinajstić information content (AvgIpc) is 2.57. The Kier molecular flexibility index (Phi) is 5.51. The number of halogens is 1. The van der Waals surface area contributed by atoms with Crippen LogP contribution in [0, 0.1) is 11.3 Å². The van der Waals surface area contributed by atoms with E-state index in [9.17, 15) is 14.9 Å². The van der Waals surface area contributed by atoms with Crippen molar-refractivity contribution in [1.29, 1.82) is 5.26 Å². The number of para-hydroxylation sites is 1. The van der Waals surface area contributed by atoms with Crippen molar-refractivity contribution in [2.24, 2.45) is 0 Å². The van der Waals surface area contributed by atoms with Crippen molar-refractivity contribution in [1.82, 2.24) is 0 Å². The topological polar surface area (TPSA) is 70.0 Å². The van der Waals surface area contributed by atoms with Gasteiger partial charge in [0.05, 0.1) is 6.07 Å². The minimum atomic E-state index is -1.22. The molecule has 2 aromatic rings.